The number of alkyl halides is 2. The van der Waals surface area contributed by atoms with Crippen molar-refractivity contribution in [2.45, 2.75) is 22.0 Å². The molecule has 0 fully saturated rings. The highest BCUT2D eigenvalue weighted by atomic mass is 32.2. The highest BCUT2D eigenvalue weighted by Crippen LogP contribution is 2.21. The van der Waals surface area contributed by atoms with Crippen LogP contribution in [0.4, 0.5) is 8.78 Å². The molecule has 0 unspecified atom stereocenters. The number of nitrogens with one attached hydrogen (secondary N) is 1. The maximum atomic E-state index is 12.5. The highest BCUT2D eigenvalue weighted by molar-refractivity contribution is 7.91. The summed E-state index contributed by atoms with van der Waals surface area (Å²) in [4.78, 5) is -0.855. The van der Waals surface area contributed by atoms with E-state index in [4.69, 9.17) is 4.74 Å². The molecular formula is C16H17F2NO5S2. The quantitative estimate of drug-likeness (QED) is 0.727. The zero-order chi connectivity index (χ0) is 19.4. The van der Waals surface area contributed by atoms with Crippen LogP contribution in [-0.4, -0.2) is 36.2 Å². The largest absolute Gasteiger partial charge is 0.496 e. The van der Waals surface area contributed by atoms with Gasteiger partial charge in [-0.1, -0.05) is 18.2 Å². The van der Waals surface area contributed by atoms with Crippen molar-refractivity contribution in [3.63, 3.8) is 0 Å². The van der Waals surface area contributed by atoms with Crippen molar-refractivity contribution in [2.24, 2.45) is 0 Å². The summed E-state index contributed by atoms with van der Waals surface area (Å²) in [5.41, 5.74) is 0.816. The molecule has 0 saturated carbocycles. The summed E-state index contributed by atoms with van der Waals surface area (Å²) in [5.74, 6) is -2.93. The summed E-state index contributed by atoms with van der Waals surface area (Å²) < 4.78 is 79.7. The van der Waals surface area contributed by atoms with Gasteiger partial charge in [-0.3, -0.25) is 0 Å². The van der Waals surface area contributed by atoms with E-state index in [1.54, 1.807) is 24.3 Å². The summed E-state index contributed by atoms with van der Waals surface area (Å²) in [6.07, 6.45) is 0.376. The zero-order valence-electron chi connectivity index (χ0n) is 13.7. The summed E-state index contributed by atoms with van der Waals surface area (Å²) in [6.45, 7) is 0.0831. The van der Waals surface area contributed by atoms with E-state index >= 15 is 0 Å². The van der Waals surface area contributed by atoms with Gasteiger partial charge in [-0.2, -0.15) is 8.78 Å². The number of para-hydroxylation sites is 1. The van der Waals surface area contributed by atoms with Crippen LogP contribution in [0.3, 0.4) is 0 Å². The summed E-state index contributed by atoms with van der Waals surface area (Å²) in [5, 5.41) is 0. The fourth-order valence-corrected chi connectivity index (χ4v) is 3.98. The molecule has 0 amide bonds. The molecule has 2 aromatic rings. The minimum atomic E-state index is -4.76. The number of hydrogen-bond donors (Lipinski definition) is 1. The number of sulfonamides is 1. The standard InChI is InChI=1S/C16H17F2NO5S2/c1-24-15-5-3-2-4-12(15)10-11-19-26(22,23)14-8-6-13(7-9-14)25(20,21)16(17)18/h2-9,16,19H,10-11H2,1H3. The maximum absolute atomic E-state index is 12.5. The molecule has 2 aromatic carbocycles. The fraction of sp³-hybridized carbons (Fsp3) is 0.250. The second-order valence-electron chi connectivity index (χ2n) is 5.24. The van der Waals surface area contributed by atoms with Gasteiger partial charge in [0.2, 0.25) is 19.9 Å². The summed E-state index contributed by atoms with van der Waals surface area (Å²) in [7, 11) is -7.16. The SMILES string of the molecule is COc1ccccc1CCNS(=O)(=O)c1ccc(S(=O)(=O)C(F)F)cc1. The molecule has 0 radical (unpaired) electrons. The third-order valence-corrected chi connectivity index (χ3v) is 6.45. The van der Waals surface area contributed by atoms with E-state index in [1.807, 2.05) is 0 Å². The first-order valence-electron chi connectivity index (χ1n) is 7.42. The molecule has 142 valence electrons. The topological polar surface area (TPSA) is 89.5 Å². The number of ether oxygens (including phenoxy) is 1. The number of hydrogen-bond acceptors (Lipinski definition) is 5. The van der Waals surface area contributed by atoms with Gasteiger partial charge in [0.25, 0.3) is 0 Å². The predicted molar refractivity (Wildman–Crippen MR) is 91.5 cm³/mol. The fourth-order valence-electron chi connectivity index (χ4n) is 2.22. The van der Waals surface area contributed by atoms with Gasteiger partial charge < -0.3 is 4.74 Å². The van der Waals surface area contributed by atoms with Gasteiger partial charge in [0.15, 0.2) is 0 Å². The molecule has 0 aromatic heterocycles. The lowest BCUT2D eigenvalue weighted by molar-refractivity contribution is 0.234. The van der Waals surface area contributed by atoms with Crippen molar-refractivity contribution >= 4 is 19.9 Å². The van der Waals surface area contributed by atoms with Crippen molar-refractivity contribution < 1.29 is 30.4 Å². The Balaban J connectivity index is 2.08. The lowest BCUT2D eigenvalue weighted by atomic mass is 10.1. The van der Waals surface area contributed by atoms with Gasteiger partial charge in [0.1, 0.15) is 5.75 Å². The van der Waals surface area contributed by atoms with Crippen molar-refractivity contribution in [3.05, 3.63) is 54.1 Å². The van der Waals surface area contributed by atoms with E-state index in [0.29, 0.717) is 12.2 Å². The molecule has 0 heterocycles. The van der Waals surface area contributed by atoms with Crippen molar-refractivity contribution in [1.82, 2.24) is 4.72 Å². The van der Waals surface area contributed by atoms with Gasteiger partial charge in [0.05, 0.1) is 16.9 Å². The van der Waals surface area contributed by atoms with E-state index in [-0.39, 0.29) is 11.4 Å². The smallest absolute Gasteiger partial charge is 0.341 e. The predicted octanol–water partition coefficient (Wildman–Crippen LogP) is 2.21. The highest BCUT2D eigenvalue weighted by Gasteiger charge is 2.27. The molecule has 6 nitrogen and oxygen atoms in total. The number of rotatable bonds is 8. The van der Waals surface area contributed by atoms with Crippen LogP contribution in [0.15, 0.2) is 58.3 Å². The average molecular weight is 405 g/mol. The van der Waals surface area contributed by atoms with Crippen LogP contribution in [0.25, 0.3) is 0 Å². The lowest BCUT2D eigenvalue weighted by Crippen LogP contribution is -2.26. The Bertz CT molecular complexity index is 958. The molecule has 0 saturated heterocycles. The monoisotopic (exact) mass is 405 g/mol. The minimum Gasteiger partial charge on any atom is -0.496 e. The third kappa shape index (κ3) is 4.57. The Morgan fingerprint density at radius 3 is 2.12 bits per heavy atom. The Labute approximate surface area is 150 Å². The first-order valence-corrected chi connectivity index (χ1v) is 10.4. The molecule has 0 spiro atoms. The van der Waals surface area contributed by atoms with Crippen molar-refractivity contribution in [1.29, 1.82) is 0 Å². The lowest BCUT2D eigenvalue weighted by Gasteiger charge is -2.10. The third-order valence-electron chi connectivity index (χ3n) is 3.58. The Morgan fingerprint density at radius 2 is 1.54 bits per heavy atom. The van der Waals surface area contributed by atoms with Gasteiger partial charge in [-0.15, -0.1) is 0 Å². The summed E-state index contributed by atoms with van der Waals surface area (Å²) in [6, 6.07) is 10.8. The number of halogens is 2. The minimum absolute atomic E-state index is 0.0831. The molecule has 0 aliphatic carbocycles. The Kier molecular flexibility index (Phi) is 6.32. The second kappa shape index (κ2) is 8.11. The normalized spacial score (nSPS) is 12.3. The second-order valence-corrected chi connectivity index (χ2v) is 8.92. The van der Waals surface area contributed by atoms with Crippen molar-refractivity contribution in [3.8, 4) is 5.75 Å². The van der Waals surface area contributed by atoms with E-state index in [1.165, 1.54) is 7.11 Å². The van der Waals surface area contributed by atoms with E-state index in [2.05, 4.69) is 4.72 Å². The van der Waals surface area contributed by atoms with Crippen LogP contribution in [0.2, 0.25) is 0 Å². The van der Waals surface area contributed by atoms with Crippen LogP contribution in [0, 0.1) is 0 Å². The van der Waals surface area contributed by atoms with Gasteiger partial charge in [-0.05, 0) is 42.3 Å². The Morgan fingerprint density at radius 1 is 0.962 bits per heavy atom. The molecule has 0 atom stereocenters. The number of methoxy groups -OCH3 is 1. The molecule has 0 bridgehead atoms. The molecule has 26 heavy (non-hydrogen) atoms. The molecule has 10 heteroatoms. The van der Waals surface area contributed by atoms with Crippen LogP contribution in [0.1, 0.15) is 5.56 Å². The van der Waals surface area contributed by atoms with Crippen LogP contribution < -0.4 is 9.46 Å². The number of sulfone groups is 1. The van der Waals surface area contributed by atoms with E-state index in [9.17, 15) is 25.6 Å². The zero-order valence-corrected chi connectivity index (χ0v) is 15.4. The van der Waals surface area contributed by atoms with Gasteiger partial charge in [0, 0.05) is 6.54 Å². The van der Waals surface area contributed by atoms with E-state index in [0.717, 1.165) is 29.8 Å². The van der Waals surface area contributed by atoms with Crippen LogP contribution in [-0.2, 0) is 26.3 Å². The van der Waals surface area contributed by atoms with Crippen LogP contribution >= 0.6 is 0 Å². The molecule has 0 aliphatic rings. The molecule has 0 aliphatic heterocycles. The maximum Gasteiger partial charge on any atom is 0.341 e. The molecule has 1 N–H and O–H groups in total. The number of benzene rings is 2. The first kappa shape index (κ1) is 20.3. The summed E-state index contributed by atoms with van der Waals surface area (Å²) >= 11 is 0. The van der Waals surface area contributed by atoms with Gasteiger partial charge >= 0.3 is 5.76 Å². The van der Waals surface area contributed by atoms with E-state index < -0.39 is 30.5 Å². The Hall–Kier alpha value is -2.04. The first-order chi connectivity index (χ1) is 12.2. The average Bonchev–Trinajstić information content (AvgIpc) is 2.62. The molecule has 2 rings (SSSR count). The van der Waals surface area contributed by atoms with Crippen LogP contribution in [0.5, 0.6) is 5.75 Å². The van der Waals surface area contributed by atoms with Crippen molar-refractivity contribution in [2.75, 3.05) is 13.7 Å². The molecular weight excluding hydrogens is 388 g/mol. The van der Waals surface area contributed by atoms with Gasteiger partial charge in [-0.25, -0.2) is 21.6 Å².